The Morgan fingerprint density at radius 2 is 1.77 bits per heavy atom. The number of carbonyl (C=O) groups is 1. The van der Waals surface area contributed by atoms with Crippen LogP contribution in [0.2, 0.25) is 0 Å². The molecular weight excluding hydrogens is 496 g/mol. The highest BCUT2D eigenvalue weighted by Gasteiger charge is 2.70. The Labute approximate surface area is 239 Å². The molecule has 2 aromatic rings. The Balaban J connectivity index is 1.35. The zero-order valence-corrected chi connectivity index (χ0v) is 25.9. The molecule has 5 aliphatic carbocycles. The summed E-state index contributed by atoms with van der Waals surface area (Å²) < 4.78 is 7.92. The molecule has 7 atom stereocenters. The lowest BCUT2D eigenvalue weighted by molar-refractivity contribution is -0.174. The summed E-state index contributed by atoms with van der Waals surface area (Å²) in [4.78, 5) is 14.7. The van der Waals surface area contributed by atoms with Gasteiger partial charge in [-0.25, -0.2) is 0 Å². The van der Waals surface area contributed by atoms with Crippen molar-refractivity contribution in [3.63, 3.8) is 0 Å². The lowest BCUT2D eigenvalue weighted by Crippen LogP contribution is -2.65. The second-order valence-corrected chi connectivity index (χ2v) is 16.7. The summed E-state index contributed by atoms with van der Waals surface area (Å²) in [7, 11) is 0. The first-order valence-corrected chi connectivity index (χ1v) is 15.7. The molecular formula is C34H48N4O2. The number of hydrogen-bond acceptors (Lipinski definition) is 5. The highest BCUT2D eigenvalue weighted by molar-refractivity contribution is 5.95. The van der Waals surface area contributed by atoms with Gasteiger partial charge >= 0.3 is 0 Å². The highest BCUT2D eigenvalue weighted by Crippen LogP contribution is 2.74. The largest absolute Gasteiger partial charge is 0.361 e. The molecule has 0 radical (unpaired) electrons. The monoisotopic (exact) mass is 544 g/mol. The molecule has 0 unspecified atom stereocenters. The van der Waals surface area contributed by atoms with Crippen molar-refractivity contribution in [2.24, 2.45) is 44.8 Å². The topological polar surface area (TPSA) is 73.8 Å². The van der Waals surface area contributed by atoms with Crippen molar-refractivity contribution in [3.05, 3.63) is 41.1 Å². The molecule has 0 bridgehead atoms. The van der Waals surface area contributed by atoms with Gasteiger partial charge in [0.15, 0.2) is 5.78 Å². The minimum absolute atomic E-state index is 0.000826. The summed E-state index contributed by atoms with van der Waals surface area (Å²) in [5.74, 6) is 2.30. The number of aryl methyl sites for hydroxylation is 1. The van der Waals surface area contributed by atoms with E-state index in [0.29, 0.717) is 17.6 Å². The van der Waals surface area contributed by atoms with Crippen LogP contribution in [0.25, 0.3) is 0 Å². The van der Waals surface area contributed by atoms with Crippen LogP contribution in [0.15, 0.2) is 28.6 Å². The quantitative estimate of drug-likeness (QED) is 0.397. The normalized spacial score (nSPS) is 43.0. The third-order valence-electron chi connectivity index (χ3n) is 13.6. The minimum Gasteiger partial charge on any atom is -0.361 e. The van der Waals surface area contributed by atoms with E-state index >= 15 is 0 Å². The lowest BCUT2D eigenvalue weighted by Gasteiger charge is -2.69. The number of hydrogen-bond donors (Lipinski definition) is 0. The molecule has 7 rings (SSSR count). The summed E-state index contributed by atoms with van der Waals surface area (Å²) in [6.45, 7) is 19.9. The van der Waals surface area contributed by atoms with Crippen LogP contribution in [0.4, 0.5) is 0 Å². The van der Waals surface area contributed by atoms with Crippen LogP contribution in [0, 0.1) is 51.8 Å². The van der Waals surface area contributed by atoms with Crippen molar-refractivity contribution in [1.29, 1.82) is 0 Å². The Morgan fingerprint density at radius 3 is 2.50 bits per heavy atom. The van der Waals surface area contributed by atoms with Crippen LogP contribution in [0.3, 0.4) is 0 Å². The maximum atomic E-state index is 14.7. The molecule has 2 heterocycles. The molecule has 3 saturated carbocycles. The third kappa shape index (κ3) is 3.28. The van der Waals surface area contributed by atoms with Crippen molar-refractivity contribution < 1.29 is 9.32 Å². The van der Waals surface area contributed by atoms with Gasteiger partial charge < -0.3 is 4.52 Å². The fourth-order valence-corrected chi connectivity index (χ4v) is 11.5. The van der Waals surface area contributed by atoms with Crippen molar-refractivity contribution >= 4 is 5.78 Å². The molecule has 0 N–H and O–H groups in total. The Hall–Kier alpha value is -2.24. The van der Waals surface area contributed by atoms with Gasteiger partial charge in [-0.1, -0.05) is 64.4 Å². The van der Waals surface area contributed by atoms with E-state index in [1.165, 1.54) is 24.0 Å². The van der Waals surface area contributed by atoms with Crippen LogP contribution in [-0.2, 0) is 23.2 Å². The molecule has 6 nitrogen and oxygen atoms in total. The van der Waals surface area contributed by atoms with Crippen molar-refractivity contribution in [2.45, 2.75) is 119 Å². The van der Waals surface area contributed by atoms with Crippen molar-refractivity contribution in [1.82, 2.24) is 20.2 Å². The fourth-order valence-electron chi connectivity index (χ4n) is 11.5. The van der Waals surface area contributed by atoms with Gasteiger partial charge in [0.05, 0.1) is 11.9 Å². The van der Waals surface area contributed by atoms with Crippen molar-refractivity contribution in [3.8, 4) is 0 Å². The van der Waals surface area contributed by atoms with Gasteiger partial charge in [0.2, 0.25) is 0 Å². The van der Waals surface area contributed by atoms with Gasteiger partial charge in [-0.3, -0.25) is 9.48 Å². The molecule has 0 spiro atoms. The standard InChI is InChI=1S/C34H48N4O2/c1-21-19-38(37-36-21)20-34-13-11-29(2,3)17-23(34)27-24(39)15-26-31(6)16-22-18-35-40-28(22)30(4,5)25(31)9-10-32(26,7)33(27,8)12-14-34/h15,18-19,23,25,27H,9-14,16-17,20H2,1-8H3/t23-,25-,27-,31-,32+,33+,34+/m0/s1. The molecule has 5 aliphatic rings. The number of carbonyl (C=O) groups excluding carboxylic acids is 1. The lowest BCUT2D eigenvalue weighted by atomic mass is 9.34. The molecule has 3 fully saturated rings. The van der Waals surface area contributed by atoms with E-state index in [-0.39, 0.29) is 38.4 Å². The summed E-state index contributed by atoms with van der Waals surface area (Å²) in [5, 5.41) is 13.0. The van der Waals surface area contributed by atoms with Gasteiger partial charge in [0.1, 0.15) is 5.76 Å². The van der Waals surface area contributed by atoms with Gasteiger partial charge in [0, 0.05) is 29.6 Å². The molecule has 0 saturated heterocycles. The molecule has 216 valence electrons. The van der Waals surface area contributed by atoms with E-state index in [4.69, 9.17) is 4.52 Å². The molecule has 2 aromatic heterocycles. The average molecular weight is 545 g/mol. The van der Waals surface area contributed by atoms with E-state index in [2.05, 4.69) is 80.9 Å². The summed E-state index contributed by atoms with van der Waals surface area (Å²) in [6.07, 6.45) is 15.2. The average Bonchev–Trinajstić information content (AvgIpc) is 3.50. The number of rotatable bonds is 2. The van der Waals surface area contributed by atoms with Crippen LogP contribution < -0.4 is 0 Å². The van der Waals surface area contributed by atoms with Crippen LogP contribution >= 0.6 is 0 Å². The van der Waals surface area contributed by atoms with Gasteiger partial charge in [-0.05, 0) is 103 Å². The zero-order chi connectivity index (χ0) is 28.5. The molecule has 0 aromatic carbocycles. The summed E-state index contributed by atoms with van der Waals surface area (Å²) in [5.41, 5.74) is 3.74. The Bertz CT molecular complexity index is 1410. The molecule has 0 aliphatic heterocycles. The first-order valence-electron chi connectivity index (χ1n) is 15.7. The summed E-state index contributed by atoms with van der Waals surface area (Å²) in [6, 6.07) is 0. The number of aromatic nitrogens is 4. The van der Waals surface area contributed by atoms with E-state index < -0.39 is 0 Å². The smallest absolute Gasteiger partial charge is 0.159 e. The van der Waals surface area contributed by atoms with E-state index in [1.54, 1.807) is 0 Å². The van der Waals surface area contributed by atoms with Crippen LogP contribution in [0.1, 0.15) is 110 Å². The number of fused-ring (bicyclic) bond motifs is 8. The predicted octanol–water partition coefficient (Wildman–Crippen LogP) is 7.27. The third-order valence-corrected chi connectivity index (χ3v) is 13.6. The van der Waals surface area contributed by atoms with Crippen molar-refractivity contribution in [2.75, 3.05) is 0 Å². The Kier molecular flexibility index (Phi) is 5.31. The highest BCUT2D eigenvalue weighted by atomic mass is 16.5. The molecule has 0 amide bonds. The summed E-state index contributed by atoms with van der Waals surface area (Å²) >= 11 is 0. The van der Waals surface area contributed by atoms with Crippen LogP contribution in [0.5, 0.6) is 0 Å². The number of ketones is 1. The van der Waals surface area contributed by atoms with Crippen LogP contribution in [-0.4, -0.2) is 25.9 Å². The van der Waals surface area contributed by atoms with Gasteiger partial charge in [0.25, 0.3) is 0 Å². The number of nitrogens with zero attached hydrogens (tertiary/aromatic N) is 4. The second-order valence-electron chi connectivity index (χ2n) is 16.7. The minimum atomic E-state index is -0.104. The maximum Gasteiger partial charge on any atom is 0.159 e. The fraction of sp³-hybridized carbons (Fsp3) is 0.765. The Morgan fingerprint density at radius 1 is 1.02 bits per heavy atom. The predicted molar refractivity (Wildman–Crippen MR) is 154 cm³/mol. The van der Waals surface area contributed by atoms with Gasteiger partial charge in [-0.2, -0.15) is 0 Å². The first-order chi connectivity index (χ1) is 18.7. The van der Waals surface area contributed by atoms with E-state index in [9.17, 15) is 4.79 Å². The van der Waals surface area contributed by atoms with Gasteiger partial charge in [-0.15, -0.1) is 5.10 Å². The van der Waals surface area contributed by atoms with E-state index in [1.807, 2.05) is 13.1 Å². The maximum absolute atomic E-state index is 14.7. The van der Waals surface area contributed by atoms with E-state index in [0.717, 1.165) is 56.5 Å². The number of allylic oxidation sites excluding steroid dienone is 2. The molecule has 6 heteroatoms. The zero-order valence-electron chi connectivity index (χ0n) is 25.9. The molecule has 40 heavy (non-hydrogen) atoms. The second kappa shape index (κ2) is 7.98. The first kappa shape index (κ1) is 26.6. The SMILES string of the molecule is Cc1cn(C[C@]23CCC(C)(C)C[C@H]2[C@H]2C(=O)C=C4[C@@]5(C)Cc6cnoc6C(C)(C)[C@@H]5CC[C@@]4(C)[C@]2(C)CC3)nn1.